The molecule has 4 N–H and O–H groups in total. The summed E-state index contributed by atoms with van der Waals surface area (Å²) in [6, 6.07) is 9.48. The number of piperazine rings is 1. The van der Waals surface area contributed by atoms with E-state index in [1.165, 1.54) is 0 Å². The summed E-state index contributed by atoms with van der Waals surface area (Å²) in [7, 11) is 0. The molecule has 0 spiro atoms. The normalized spacial score (nSPS) is 16.7. The van der Waals surface area contributed by atoms with Gasteiger partial charge in [0.1, 0.15) is 0 Å². The third-order valence-corrected chi connectivity index (χ3v) is 3.69. The Morgan fingerprint density at radius 2 is 2.04 bits per heavy atom. The molecule has 1 aromatic heterocycles. The summed E-state index contributed by atoms with van der Waals surface area (Å²) in [5.41, 5.74) is 6.68. The lowest BCUT2D eigenvalue weighted by atomic mass is 10.2. The largest absolute Gasteiger partial charge is 0.368 e. The number of hydrogen-bond donors (Lipinski definition) is 3. The molecule has 8 heteroatoms. The molecule has 1 aromatic carbocycles. The van der Waals surface area contributed by atoms with E-state index in [2.05, 4.69) is 25.6 Å². The molecule has 1 saturated heterocycles. The van der Waals surface area contributed by atoms with E-state index >= 15 is 0 Å². The number of nitrogen functional groups attached to an aromatic ring is 1. The first-order valence-corrected chi connectivity index (χ1v) is 7.46. The number of anilines is 3. The van der Waals surface area contributed by atoms with Crippen molar-refractivity contribution in [2.45, 2.75) is 13.0 Å². The van der Waals surface area contributed by atoms with Gasteiger partial charge in [0.25, 0.3) is 0 Å². The highest BCUT2D eigenvalue weighted by Gasteiger charge is 2.24. The second-order valence-corrected chi connectivity index (χ2v) is 5.36. The zero-order valence-electron chi connectivity index (χ0n) is 12.9. The zero-order valence-corrected chi connectivity index (χ0v) is 12.9. The van der Waals surface area contributed by atoms with Crippen molar-refractivity contribution in [1.82, 2.24) is 25.2 Å². The summed E-state index contributed by atoms with van der Waals surface area (Å²) in [6.07, 6.45) is 0. The van der Waals surface area contributed by atoms with Crippen LogP contribution in [0.2, 0.25) is 0 Å². The van der Waals surface area contributed by atoms with E-state index in [1.54, 1.807) is 0 Å². The maximum Gasteiger partial charge on any atom is 0.234 e. The number of rotatable bonds is 4. The van der Waals surface area contributed by atoms with E-state index in [9.17, 15) is 4.79 Å². The smallest absolute Gasteiger partial charge is 0.234 e. The van der Waals surface area contributed by atoms with Crippen LogP contribution in [-0.4, -0.2) is 45.4 Å². The predicted octanol–water partition coefficient (Wildman–Crippen LogP) is 0.690. The number of amides is 1. The minimum absolute atomic E-state index is 0.00719. The first-order chi connectivity index (χ1) is 11.1. The Hall–Kier alpha value is -2.74. The zero-order chi connectivity index (χ0) is 16.2. The Kier molecular flexibility index (Phi) is 4.33. The topological polar surface area (TPSA) is 109 Å². The van der Waals surface area contributed by atoms with E-state index in [1.807, 2.05) is 42.2 Å². The van der Waals surface area contributed by atoms with Crippen LogP contribution >= 0.6 is 0 Å². The summed E-state index contributed by atoms with van der Waals surface area (Å²) < 4.78 is 0. The molecule has 0 aliphatic carbocycles. The van der Waals surface area contributed by atoms with Crippen LogP contribution in [0.3, 0.4) is 0 Å². The van der Waals surface area contributed by atoms with Crippen LogP contribution in [0, 0.1) is 0 Å². The van der Waals surface area contributed by atoms with Gasteiger partial charge in [0.15, 0.2) is 5.82 Å². The van der Waals surface area contributed by atoms with Crippen molar-refractivity contribution in [3.63, 3.8) is 0 Å². The molecule has 1 aliphatic heterocycles. The average Bonchev–Trinajstić information content (AvgIpc) is 2.54. The molecule has 1 atom stereocenters. The van der Waals surface area contributed by atoms with Crippen molar-refractivity contribution in [1.29, 1.82) is 0 Å². The predicted molar refractivity (Wildman–Crippen MR) is 87.0 cm³/mol. The molecular formula is C15H19N7O. The fourth-order valence-corrected chi connectivity index (χ4v) is 2.45. The van der Waals surface area contributed by atoms with Gasteiger partial charge >= 0.3 is 0 Å². The maximum absolute atomic E-state index is 11.5. The molecule has 0 radical (unpaired) electrons. The van der Waals surface area contributed by atoms with Crippen molar-refractivity contribution < 1.29 is 4.79 Å². The molecule has 0 bridgehead atoms. The minimum atomic E-state index is -0.123. The van der Waals surface area contributed by atoms with E-state index in [4.69, 9.17) is 5.73 Å². The minimum Gasteiger partial charge on any atom is -0.368 e. The van der Waals surface area contributed by atoms with Gasteiger partial charge in [0, 0.05) is 18.8 Å². The molecule has 3 rings (SSSR count). The number of nitrogens with one attached hydrogen (secondary N) is 2. The number of hydrogen-bond acceptors (Lipinski definition) is 7. The van der Waals surface area contributed by atoms with Crippen LogP contribution in [0.25, 0.3) is 0 Å². The van der Waals surface area contributed by atoms with Gasteiger partial charge in [-0.2, -0.15) is 15.0 Å². The van der Waals surface area contributed by atoms with Gasteiger partial charge in [-0.25, -0.2) is 0 Å². The number of carbonyl (C=O) groups excluding carboxylic acids is 1. The Balaban J connectivity index is 1.80. The highest BCUT2D eigenvalue weighted by Crippen LogP contribution is 2.20. The third kappa shape index (κ3) is 3.72. The number of aromatic nitrogens is 3. The molecule has 1 amide bonds. The summed E-state index contributed by atoms with van der Waals surface area (Å²) in [4.78, 5) is 26.3. The van der Waals surface area contributed by atoms with Gasteiger partial charge < -0.3 is 16.4 Å². The van der Waals surface area contributed by atoms with Crippen LogP contribution < -0.4 is 16.4 Å². The van der Waals surface area contributed by atoms with Gasteiger partial charge in [-0.1, -0.05) is 18.2 Å². The summed E-state index contributed by atoms with van der Waals surface area (Å²) in [6.45, 7) is 3.66. The first-order valence-electron chi connectivity index (χ1n) is 7.46. The fraction of sp³-hybridized carbons (Fsp3) is 0.333. The fourth-order valence-electron chi connectivity index (χ4n) is 2.45. The van der Waals surface area contributed by atoms with E-state index < -0.39 is 0 Å². The molecule has 1 aliphatic rings. The number of carbonyl (C=O) groups is 1. The lowest BCUT2D eigenvalue weighted by Gasteiger charge is -2.31. The Morgan fingerprint density at radius 1 is 1.26 bits per heavy atom. The Morgan fingerprint density at radius 3 is 2.78 bits per heavy atom. The molecular weight excluding hydrogens is 294 g/mol. The number of para-hydroxylation sites is 1. The van der Waals surface area contributed by atoms with Gasteiger partial charge in [-0.15, -0.1) is 0 Å². The maximum atomic E-state index is 11.5. The standard InChI is InChI=1S/C15H19N7O/c1-10(22-8-7-17-12(23)9-22)13-19-14(16)21-15(20-13)18-11-5-3-2-4-6-11/h2-6,10H,7-9H2,1H3,(H,17,23)(H3,16,18,19,20,21)/t10-/m0/s1. The number of benzene rings is 1. The Labute approximate surface area is 134 Å². The van der Waals surface area contributed by atoms with Crippen LogP contribution in [0.4, 0.5) is 17.6 Å². The molecule has 0 unspecified atom stereocenters. The summed E-state index contributed by atoms with van der Waals surface area (Å²) in [5.74, 6) is 1.10. The molecule has 2 heterocycles. The highest BCUT2D eigenvalue weighted by molar-refractivity contribution is 5.78. The third-order valence-electron chi connectivity index (χ3n) is 3.69. The monoisotopic (exact) mass is 313 g/mol. The number of nitrogens with zero attached hydrogens (tertiary/aromatic N) is 4. The first kappa shape index (κ1) is 15.2. The van der Waals surface area contributed by atoms with Gasteiger partial charge in [0.2, 0.25) is 17.8 Å². The van der Waals surface area contributed by atoms with E-state index in [0.717, 1.165) is 12.2 Å². The van der Waals surface area contributed by atoms with Crippen LogP contribution in [-0.2, 0) is 4.79 Å². The van der Waals surface area contributed by atoms with E-state index in [-0.39, 0.29) is 17.9 Å². The van der Waals surface area contributed by atoms with Crippen LogP contribution in [0.5, 0.6) is 0 Å². The van der Waals surface area contributed by atoms with Crippen LogP contribution in [0.15, 0.2) is 30.3 Å². The summed E-state index contributed by atoms with van der Waals surface area (Å²) >= 11 is 0. The SMILES string of the molecule is C[C@@H](c1nc(N)nc(Nc2ccccc2)n1)N1CCNC(=O)C1. The highest BCUT2D eigenvalue weighted by atomic mass is 16.2. The lowest BCUT2D eigenvalue weighted by molar-refractivity contribution is -0.124. The van der Waals surface area contributed by atoms with Crippen LogP contribution in [0.1, 0.15) is 18.8 Å². The van der Waals surface area contributed by atoms with Crippen molar-refractivity contribution >= 4 is 23.5 Å². The number of nitrogens with two attached hydrogens (primary N) is 1. The van der Waals surface area contributed by atoms with Crippen molar-refractivity contribution in [2.75, 3.05) is 30.7 Å². The van der Waals surface area contributed by atoms with Crippen molar-refractivity contribution in [3.8, 4) is 0 Å². The van der Waals surface area contributed by atoms with Crippen molar-refractivity contribution in [3.05, 3.63) is 36.2 Å². The second-order valence-electron chi connectivity index (χ2n) is 5.36. The summed E-state index contributed by atoms with van der Waals surface area (Å²) in [5, 5.41) is 5.91. The van der Waals surface area contributed by atoms with Crippen molar-refractivity contribution in [2.24, 2.45) is 0 Å². The lowest BCUT2D eigenvalue weighted by Crippen LogP contribution is -2.48. The average molecular weight is 313 g/mol. The van der Waals surface area contributed by atoms with E-state index in [0.29, 0.717) is 24.9 Å². The molecule has 2 aromatic rings. The van der Waals surface area contributed by atoms with Gasteiger partial charge in [-0.05, 0) is 19.1 Å². The quantitative estimate of drug-likeness (QED) is 0.762. The Bertz CT molecular complexity index is 691. The molecule has 120 valence electrons. The molecule has 0 saturated carbocycles. The van der Waals surface area contributed by atoms with Gasteiger partial charge in [0.05, 0.1) is 12.6 Å². The molecule has 1 fully saturated rings. The molecule has 8 nitrogen and oxygen atoms in total. The van der Waals surface area contributed by atoms with Gasteiger partial charge in [-0.3, -0.25) is 9.69 Å². The molecule has 23 heavy (non-hydrogen) atoms. The second kappa shape index (κ2) is 6.57.